The number of nitrogens with two attached hydrogens (primary N) is 1. The fraction of sp³-hybridized carbons (Fsp3) is 0.0526. The molecule has 0 saturated carbocycles. The summed E-state index contributed by atoms with van der Waals surface area (Å²) >= 11 is 14.3. The lowest BCUT2D eigenvalue weighted by atomic mass is 10.2. The topological polar surface area (TPSA) is 81.4 Å². The maximum atomic E-state index is 12.6. The number of thiophene rings is 1. The summed E-state index contributed by atoms with van der Waals surface area (Å²) in [5.74, 6) is -0.928. The number of rotatable bonds is 5. The van der Waals surface area contributed by atoms with E-state index in [2.05, 4.69) is 5.32 Å². The third kappa shape index (κ3) is 4.62. The first-order chi connectivity index (χ1) is 13.4. The number of carbonyl (C=O) groups excluding carboxylic acids is 2. The van der Waals surface area contributed by atoms with Gasteiger partial charge in [0.15, 0.2) is 0 Å². The van der Waals surface area contributed by atoms with Crippen molar-refractivity contribution in [1.82, 2.24) is 0 Å². The summed E-state index contributed by atoms with van der Waals surface area (Å²) < 4.78 is 5.45. The van der Waals surface area contributed by atoms with Crippen LogP contribution in [-0.4, -0.2) is 19.0 Å². The van der Waals surface area contributed by atoms with Crippen LogP contribution >= 0.6 is 46.3 Å². The van der Waals surface area contributed by atoms with Crippen molar-refractivity contribution in [3.05, 3.63) is 69.0 Å². The number of nitrogens with one attached hydrogen (secondary N) is 1. The Balaban J connectivity index is 1.96. The highest BCUT2D eigenvalue weighted by molar-refractivity contribution is 8.01. The van der Waals surface area contributed by atoms with E-state index < -0.39 is 5.97 Å². The molecule has 0 aliphatic heterocycles. The van der Waals surface area contributed by atoms with Gasteiger partial charge >= 0.3 is 5.97 Å². The number of hydrogen-bond donors (Lipinski definition) is 2. The van der Waals surface area contributed by atoms with E-state index in [1.165, 1.54) is 18.9 Å². The zero-order chi connectivity index (χ0) is 20.3. The van der Waals surface area contributed by atoms with Gasteiger partial charge in [0.1, 0.15) is 4.88 Å². The molecule has 3 aromatic rings. The molecule has 0 spiro atoms. The van der Waals surface area contributed by atoms with Crippen molar-refractivity contribution in [3.63, 3.8) is 0 Å². The van der Waals surface area contributed by atoms with Gasteiger partial charge in [-0.05, 0) is 48.5 Å². The first kappa shape index (κ1) is 20.5. The summed E-state index contributed by atoms with van der Waals surface area (Å²) in [6, 6.07) is 13.6. The predicted octanol–water partition coefficient (Wildman–Crippen LogP) is 5.83. The van der Waals surface area contributed by atoms with Crippen LogP contribution < -0.4 is 11.1 Å². The Bertz CT molecular complexity index is 1020. The lowest BCUT2D eigenvalue weighted by Crippen LogP contribution is -2.13. The van der Waals surface area contributed by atoms with E-state index in [0.717, 1.165) is 16.2 Å². The lowest BCUT2D eigenvalue weighted by molar-refractivity contribution is 0.0607. The molecule has 3 N–H and O–H groups in total. The average Bonchev–Trinajstić information content (AvgIpc) is 2.99. The highest BCUT2D eigenvalue weighted by Gasteiger charge is 2.24. The number of amides is 1. The monoisotopic (exact) mass is 452 g/mol. The Morgan fingerprint density at radius 3 is 2.18 bits per heavy atom. The van der Waals surface area contributed by atoms with Gasteiger partial charge in [-0.25, -0.2) is 4.79 Å². The number of esters is 1. The third-order valence-electron chi connectivity index (χ3n) is 3.65. The van der Waals surface area contributed by atoms with Crippen LogP contribution in [0.2, 0.25) is 10.0 Å². The summed E-state index contributed by atoms with van der Waals surface area (Å²) in [5, 5.41) is 3.93. The lowest BCUT2D eigenvalue weighted by Gasteiger charge is -2.08. The van der Waals surface area contributed by atoms with Crippen LogP contribution in [0.1, 0.15) is 20.0 Å². The average molecular weight is 453 g/mol. The summed E-state index contributed by atoms with van der Waals surface area (Å²) in [4.78, 5) is 25.8. The molecular formula is C19H14Cl2N2O3S2. The highest BCUT2D eigenvalue weighted by Crippen LogP contribution is 2.45. The second kappa shape index (κ2) is 8.87. The first-order valence-electron chi connectivity index (χ1n) is 7.90. The molecule has 0 bridgehead atoms. The van der Waals surface area contributed by atoms with E-state index in [-0.39, 0.29) is 16.5 Å². The Hall–Kier alpha value is -2.19. The van der Waals surface area contributed by atoms with Crippen molar-refractivity contribution in [2.75, 3.05) is 18.2 Å². The maximum absolute atomic E-state index is 12.6. The van der Waals surface area contributed by atoms with Crippen molar-refractivity contribution in [2.24, 2.45) is 0 Å². The standard InChI is InChI=1S/C19H14Cl2N2O3S2/c1-26-18(25)16-14(22)15(23-17(24)10-2-4-11(20)5-3-10)19(28-16)27-13-8-6-12(21)7-9-13/h2-9H,22H2,1H3,(H,23,24). The molecule has 0 atom stereocenters. The summed E-state index contributed by atoms with van der Waals surface area (Å²) in [6.07, 6.45) is 0. The van der Waals surface area contributed by atoms with Gasteiger partial charge in [0, 0.05) is 20.5 Å². The van der Waals surface area contributed by atoms with Crippen LogP contribution in [-0.2, 0) is 4.74 Å². The number of carbonyl (C=O) groups is 2. The van der Waals surface area contributed by atoms with E-state index in [9.17, 15) is 9.59 Å². The van der Waals surface area contributed by atoms with Crippen LogP contribution in [0.25, 0.3) is 0 Å². The number of ether oxygens (including phenoxy) is 1. The highest BCUT2D eigenvalue weighted by atomic mass is 35.5. The van der Waals surface area contributed by atoms with Crippen LogP contribution in [0.3, 0.4) is 0 Å². The molecule has 2 aromatic carbocycles. The number of hydrogen-bond acceptors (Lipinski definition) is 6. The Morgan fingerprint density at radius 1 is 1.04 bits per heavy atom. The second-order valence-corrected chi connectivity index (χ2v) is 8.75. The van der Waals surface area contributed by atoms with E-state index >= 15 is 0 Å². The molecule has 0 aliphatic carbocycles. The van der Waals surface area contributed by atoms with E-state index in [0.29, 0.717) is 25.5 Å². The number of anilines is 2. The summed E-state index contributed by atoms with van der Waals surface area (Å²) in [5.41, 5.74) is 7.09. The van der Waals surface area contributed by atoms with Gasteiger partial charge in [0.25, 0.3) is 5.91 Å². The molecule has 1 amide bonds. The predicted molar refractivity (Wildman–Crippen MR) is 115 cm³/mol. The van der Waals surface area contributed by atoms with E-state index in [1.54, 1.807) is 36.4 Å². The van der Waals surface area contributed by atoms with Crippen LogP contribution in [0.5, 0.6) is 0 Å². The Kier molecular flexibility index (Phi) is 6.51. The summed E-state index contributed by atoms with van der Waals surface area (Å²) in [7, 11) is 1.28. The molecule has 0 aliphatic rings. The van der Waals surface area contributed by atoms with Gasteiger partial charge in [-0.3, -0.25) is 4.79 Å². The normalized spacial score (nSPS) is 10.5. The smallest absolute Gasteiger partial charge is 0.350 e. The van der Waals surface area contributed by atoms with Gasteiger partial charge in [0.05, 0.1) is 22.7 Å². The maximum Gasteiger partial charge on any atom is 0.350 e. The molecule has 5 nitrogen and oxygen atoms in total. The molecule has 144 valence electrons. The molecule has 3 rings (SSSR count). The van der Waals surface area contributed by atoms with Gasteiger partial charge < -0.3 is 15.8 Å². The quantitative estimate of drug-likeness (QED) is 0.476. The number of nitrogen functional groups attached to an aromatic ring is 1. The molecular weight excluding hydrogens is 439 g/mol. The molecule has 0 fully saturated rings. The minimum Gasteiger partial charge on any atom is -0.465 e. The molecule has 28 heavy (non-hydrogen) atoms. The van der Waals surface area contributed by atoms with Crippen LogP contribution in [0.4, 0.5) is 11.4 Å². The van der Waals surface area contributed by atoms with Crippen molar-refractivity contribution in [2.45, 2.75) is 9.10 Å². The first-order valence-corrected chi connectivity index (χ1v) is 10.3. The van der Waals surface area contributed by atoms with Gasteiger partial charge in [-0.1, -0.05) is 35.0 Å². The van der Waals surface area contributed by atoms with Crippen molar-refractivity contribution < 1.29 is 14.3 Å². The minimum absolute atomic E-state index is 0.163. The fourth-order valence-electron chi connectivity index (χ4n) is 2.25. The molecule has 0 unspecified atom stereocenters. The van der Waals surface area contributed by atoms with Gasteiger partial charge in [0.2, 0.25) is 0 Å². The fourth-order valence-corrected chi connectivity index (χ4v) is 4.79. The molecule has 0 radical (unpaired) electrons. The largest absolute Gasteiger partial charge is 0.465 e. The zero-order valence-corrected chi connectivity index (χ0v) is 17.6. The third-order valence-corrected chi connectivity index (χ3v) is 6.53. The Labute approximate surface area is 179 Å². The van der Waals surface area contributed by atoms with Crippen molar-refractivity contribution in [3.8, 4) is 0 Å². The zero-order valence-electron chi connectivity index (χ0n) is 14.5. The van der Waals surface area contributed by atoms with Crippen LogP contribution in [0, 0.1) is 0 Å². The van der Waals surface area contributed by atoms with E-state index in [1.807, 2.05) is 12.1 Å². The van der Waals surface area contributed by atoms with Crippen LogP contribution in [0.15, 0.2) is 57.6 Å². The van der Waals surface area contributed by atoms with E-state index in [4.69, 9.17) is 33.7 Å². The number of methoxy groups -OCH3 is 1. The molecule has 9 heteroatoms. The van der Waals surface area contributed by atoms with Gasteiger partial charge in [-0.2, -0.15) is 0 Å². The molecule has 0 saturated heterocycles. The summed E-state index contributed by atoms with van der Waals surface area (Å²) in [6.45, 7) is 0. The number of halogens is 2. The van der Waals surface area contributed by atoms with Crippen molar-refractivity contribution >= 4 is 69.6 Å². The minimum atomic E-state index is -0.563. The molecule has 1 aromatic heterocycles. The number of benzene rings is 2. The Morgan fingerprint density at radius 2 is 1.61 bits per heavy atom. The molecule has 1 heterocycles. The SMILES string of the molecule is COC(=O)c1sc(Sc2ccc(Cl)cc2)c(NC(=O)c2ccc(Cl)cc2)c1N. The second-order valence-electron chi connectivity index (χ2n) is 5.52. The van der Waals surface area contributed by atoms with Crippen molar-refractivity contribution in [1.29, 1.82) is 0 Å². The van der Waals surface area contributed by atoms with Gasteiger partial charge in [-0.15, -0.1) is 11.3 Å².